The summed E-state index contributed by atoms with van der Waals surface area (Å²) >= 11 is 1.79. The number of tetrazole rings is 1. The van der Waals surface area contributed by atoms with Crippen LogP contribution in [-0.2, 0) is 19.9 Å². The number of benzene rings is 1. The van der Waals surface area contributed by atoms with Gasteiger partial charge in [-0.2, -0.15) is 0 Å². The molecule has 1 aromatic heterocycles. The molecule has 0 saturated carbocycles. The molecule has 1 N–H and O–H groups in total. The van der Waals surface area contributed by atoms with Gasteiger partial charge in [-0.25, -0.2) is 4.68 Å². The number of aromatic nitrogens is 4. The molecule has 6 nitrogen and oxygen atoms in total. The van der Waals surface area contributed by atoms with Gasteiger partial charge in [0, 0.05) is 17.5 Å². The van der Waals surface area contributed by atoms with Crippen molar-refractivity contribution in [2.75, 3.05) is 11.1 Å². The van der Waals surface area contributed by atoms with Crippen LogP contribution in [-0.4, -0.2) is 31.9 Å². The van der Waals surface area contributed by atoms with Crippen molar-refractivity contribution in [3.8, 4) is 0 Å². The van der Waals surface area contributed by atoms with E-state index in [-0.39, 0.29) is 5.91 Å². The van der Waals surface area contributed by atoms with Crippen molar-refractivity contribution in [2.45, 2.75) is 38.5 Å². The molecule has 0 aliphatic rings. The van der Waals surface area contributed by atoms with E-state index >= 15 is 0 Å². The topological polar surface area (TPSA) is 72.7 Å². The number of nitrogens with zero attached hydrogens (tertiary/aromatic N) is 4. The zero-order valence-corrected chi connectivity index (χ0v) is 14.2. The first kappa shape index (κ1) is 16.5. The van der Waals surface area contributed by atoms with Gasteiger partial charge in [0.1, 0.15) is 0 Å². The smallest absolute Gasteiger partial charge is 0.258 e. The third kappa shape index (κ3) is 3.30. The third-order valence-electron chi connectivity index (χ3n) is 3.46. The normalized spacial score (nSPS) is 10.7. The number of hydrogen-bond donors (Lipinski definition) is 1. The number of nitrogens with one attached hydrogen (secondary N) is 1. The van der Waals surface area contributed by atoms with Gasteiger partial charge in [0.15, 0.2) is 0 Å². The van der Waals surface area contributed by atoms with E-state index in [2.05, 4.69) is 41.6 Å². The molecule has 1 aromatic carbocycles. The third-order valence-corrected chi connectivity index (χ3v) is 4.54. The fourth-order valence-corrected chi connectivity index (χ4v) is 3.46. The minimum Gasteiger partial charge on any atom is -0.289 e. The van der Waals surface area contributed by atoms with Gasteiger partial charge >= 0.3 is 0 Å². The molecular formula is C15H21N5OS. The second-order valence-electron chi connectivity index (χ2n) is 4.80. The first-order valence-corrected chi connectivity index (χ1v) is 8.42. The number of carbonyl (C=O) groups excluding carboxylic acids is 1. The summed E-state index contributed by atoms with van der Waals surface area (Å²) in [6.07, 6.45) is 1.78. The Bertz CT molecular complexity index is 668. The zero-order valence-electron chi connectivity index (χ0n) is 13.4. The number of rotatable bonds is 6. The summed E-state index contributed by atoms with van der Waals surface area (Å²) in [5.41, 5.74) is 3.08. The lowest BCUT2D eigenvalue weighted by Crippen LogP contribution is -2.18. The van der Waals surface area contributed by atoms with Crippen LogP contribution in [0.2, 0.25) is 0 Å². The van der Waals surface area contributed by atoms with Gasteiger partial charge in [-0.1, -0.05) is 31.9 Å². The second kappa shape index (κ2) is 7.40. The molecule has 0 unspecified atom stereocenters. The predicted octanol–water partition coefficient (Wildman–Crippen LogP) is 2.70. The molecule has 1 amide bonds. The minimum atomic E-state index is -0.171. The Morgan fingerprint density at radius 2 is 2.05 bits per heavy atom. The van der Waals surface area contributed by atoms with E-state index < -0.39 is 0 Å². The Labute approximate surface area is 134 Å². The van der Waals surface area contributed by atoms with E-state index in [4.69, 9.17) is 0 Å². The van der Waals surface area contributed by atoms with E-state index in [9.17, 15) is 4.79 Å². The molecule has 0 aliphatic carbocycles. The van der Waals surface area contributed by atoms with Crippen molar-refractivity contribution < 1.29 is 4.79 Å². The molecule has 2 rings (SSSR count). The summed E-state index contributed by atoms with van der Waals surface area (Å²) in [6.45, 7) is 6.34. The molecule has 118 valence electrons. The van der Waals surface area contributed by atoms with Crippen LogP contribution in [0.15, 0.2) is 17.0 Å². The lowest BCUT2D eigenvalue weighted by molar-refractivity contribution is 0.102. The highest BCUT2D eigenvalue weighted by atomic mass is 32.2. The van der Waals surface area contributed by atoms with Crippen LogP contribution in [0.5, 0.6) is 0 Å². The van der Waals surface area contributed by atoms with Crippen LogP contribution in [0.1, 0.15) is 42.3 Å². The van der Waals surface area contributed by atoms with Gasteiger partial charge in [-0.15, -0.1) is 11.8 Å². The number of carbonyl (C=O) groups is 1. The van der Waals surface area contributed by atoms with Crippen LogP contribution < -0.4 is 5.32 Å². The molecule has 2 aromatic rings. The molecule has 0 aliphatic heterocycles. The van der Waals surface area contributed by atoms with Crippen molar-refractivity contribution in [1.82, 2.24) is 20.2 Å². The molecule has 7 heteroatoms. The highest BCUT2D eigenvalue weighted by Crippen LogP contribution is 2.31. The monoisotopic (exact) mass is 319 g/mol. The van der Waals surface area contributed by atoms with Gasteiger partial charge in [0.25, 0.3) is 5.91 Å². The van der Waals surface area contributed by atoms with Crippen molar-refractivity contribution in [3.05, 3.63) is 28.8 Å². The summed E-state index contributed by atoms with van der Waals surface area (Å²) in [6, 6.07) is 3.94. The van der Waals surface area contributed by atoms with Crippen molar-refractivity contribution in [3.63, 3.8) is 0 Å². The van der Waals surface area contributed by atoms with Crippen molar-refractivity contribution in [2.24, 2.45) is 7.05 Å². The summed E-state index contributed by atoms with van der Waals surface area (Å²) in [5, 5.41) is 13.8. The SMILES string of the molecule is CCSc1c(CC)ccc(C(=O)Nc2nnnn2C)c1CC. The van der Waals surface area contributed by atoms with Gasteiger partial charge in [-0.3, -0.25) is 10.1 Å². The fourth-order valence-electron chi connectivity index (χ4n) is 2.35. The van der Waals surface area contributed by atoms with Crippen LogP contribution >= 0.6 is 11.8 Å². The summed E-state index contributed by atoms with van der Waals surface area (Å²) in [4.78, 5) is 13.8. The Hall–Kier alpha value is -1.89. The average Bonchev–Trinajstić information content (AvgIpc) is 2.92. The van der Waals surface area contributed by atoms with Crippen LogP contribution in [0.3, 0.4) is 0 Å². The highest BCUT2D eigenvalue weighted by molar-refractivity contribution is 7.99. The average molecular weight is 319 g/mol. The van der Waals surface area contributed by atoms with Gasteiger partial charge < -0.3 is 0 Å². The number of amides is 1. The maximum Gasteiger partial charge on any atom is 0.258 e. The Morgan fingerprint density at radius 1 is 1.27 bits per heavy atom. The molecule has 0 bridgehead atoms. The number of anilines is 1. The molecule has 0 saturated heterocycles. The zero-order chi connectivity index (χ0) is 16.1. The lowest BCUT2D eigenvalue weighted by atomic mass is 10.00. The first-order chi connectivity index (χ1) is 10.6. The van der Waals surface area contributed by atoms with E-state index in [1.54, 1.807) is 18.8 Å². The summed E-state index contributed by atoms with van der Waals surface area (Å²) < 4.78 is 1.44. The molecule has 22 heavy (non-hydrogen) atoms. The number of thioether (sulfide) groups is 1. The Balaban J connectivity index is 2.39. The van der Waals surface area contributed by atoms with E-state index in [0.717, 1.165) is 24.2 Å². The standard InChI is InChI=1S/C15H21N5OS/c1-5-10-8-9-12(11(6-2)13(10)22-7-3)14(21)16-15-17-18-19-20(15)4/h8-9H,5-7H2,1-4H3,(H,16,17,19,21). The molecular weight excluding hydrogens is 298 g/mol. The lowest BCUT2D eigenvalue weighted by Gasteiger charge is -2.16. The second-order valence-corrected chi connectivity index (χ2v) is 6.07. The maximum absolute atomic E-state index is 12.6. The molecule has 0 spiro atoms. The summed E-state index contributed by atoms with van der Waals surface area (Å²) in [5.74, 6) is 1.16. The van der Waals surface area contributed by atoms with Crippen LogP contribution in [0.25, 0.3) is 0 Å². The molecule has 0 fully saturated rings. The number of hydrogen-bond acceptors (Lipinski definition) is 5. The van der Waals surface area contributed by atoms with Gasteiger partial charge in [0.2, 0.25) is 5.95 Å². The van der Waals surface area contributed by atoms with E-state index in [1.165, 1.54) is 15.1 Å². The first-order valence-electron chi connectivity index (χ1n) is 7.43. The maximum atomic E-state index is 12.6. The molecule has 1 heterocycles. The summed E-state index contributed by atoms with van der Waals surface area (Å²) in [7, 11) is 1.69. The Morgan fingerprint density at radius 3 is 2.59 bits per heavy atom. The largest absolute Gasteiger partial charge is 0.289 e. The Kier molecular flexibility index (Phi) is 5.54. The van der Waals surface area contributed by atoms with Crippen LogP contribution in [0, 0.1) is 0 Å². The highest BCUT2D eigenvalue weighted by Gasteiger charge is 2.18. The van der Waals surface area contributed by atoms with Gasteiger partial charge in [0.05, 0.1) is 0 Å². The minimum absolute atomic E-state index is 0.171. The fraction of sp³-hybridized carbons (Fsp3) is 0.467. The van der Waals surface area contributed by atoms with E-state index in [0.29, 0.717) is 11.5 Å². The van der Waals surface area contributed by atoms with E-state index in [1.807, 2.05) is 12.1 Å². The van der Waals surface area contributed by atoms with Crippen molar-refractivity contribution in [1.29, 1.82) is 0 Å². The van der Waals surface area contributed by atoms with Gasteiger partial charge in [-0.05, 0) is 46.2 Å². The number of aryl methyl sites for hydroxylation is 2. The van der Waals surface area contributed by atoms with Crippen LogP contribution in [0.4, 0.5) is 5.95 Å². The van der Waals surface area contributed by atoms with Crippen molar-refractivity contribution >= 4 is 23.6 Å². The quantitative estimate of drug-likeness (QED) is 0.829. The molecule has 0 radical (unpaired) electrons. The molecule has 0 atom stereocenters. The predicted molar refractivity (Wildman–Crippen MR) is 88.3 cm³/mol.